The second-order valence-electron chi connectivity index (χ2n) is 9.05. The molecule has 1 atom stereocenters. The number of nitrogens with one attached hydrogen (secondary N) is 1. The summed E-state index contributed by atoms with van der Waals surface area (Å²) < 4.78 is 3.98. The summed E-state index contributed by atoms with van der Waals surface area (Å²) in [5.41, 5.74) is 12.1. The van der Waals surface area contributed by atoms with Crippen LogP contribution in [0.5, 0.6) is 0 Å². The zero-order chi connectivity index (χ0) is 24.0. The van der Waals surface area contributed by atoms with Gasteiger partial charge in [-0.05, 0) is 42.3 Å². The molecule has 3 rings (SSSR count). The standard InChI is InChI=1S/C24H33N5O3S/c1-15(2)13-18(23(31)27-17-11-7-4-8-12-17)29(14-16-9-5-3-6-10-16)24(32)21-19(25)20(22(26)30)28-33-21/h3,5-6,9-10,15,17-18H,4,7-8,11-14,25H2,1-2H3,(H2,26,30)(H,27,31)/t18-/m1/s1. The second-order valence-corrected chi connectivity index (χ2v) is 9.82. The Morgan fingerprint density at radius 3 is 2.39 bits per heavy atom. The van der Waals surface area contributed by atoms with Crippen molar-refractivity contribution >= 4 is 34.9 Å². The number of aromatic nitrogens is 1. The maximum atomic E-state index is 13.7. The molecule has 1 fully saturated rings. The van der Waals surface area contributed by atoms with E-state index in [1.165, 1.54) is 6.42 Å². The first kappa shape index (κ1) is 24.7. The van der Waals surface area contributed by atoms with Gasteiger partial charge >= 0.3 is 0 Å². The molecule has 9 heteroatoms. The van der Waals surface area contributed by atoms with E-state index in [1.54, 1.807) is 4.90 Å². The monoisotopic (exact) mass is 471 g/mol. The average Bonchev–Trinajstić information content (AvgIpc) is 3.18. The third-order valence-corrected chi connectivity index (χ3v) is 6.79. The molecule has 0 radical (unpaired) electrons. The molecule has 0 unspecified atom stereocenters. The van der Waals surface area contributed by atoms with Gasteiger partial charge in [0.15, 0.2) is 5.69 Å². The van der Waals surface area contributed by atoms with Crippen molar-refractivity contribution in [3.05, 3.63) is 46.5 Å². The van der Waals surface area contributed by atoms with E-state index in [2.05, 4.69) is 9.69 Å². The fourth-order valence-electron chi connectivity index (χ4n) is 4.23. The SMILES string of the molecule is CC(C)C[C@H](C(=O)NC1CCCCC1)N(Cc1ccccc1)C(=O)c1snc(C(N)=O)c1N. The lowest BCUT2D eigenvalue weighted by Gasteiger charge is -2.34. The second kappa shape index (κ2) is 11.3. The largest absolute Gasteiger partial charge is 0.395 e. The topological polar surface area (TPSA) is 131 Å². The number of carbonyl (C=O) groups is 3. The molecule has 1 heterocycles. The van der Waals surface area contributed by atoms with Gasteiger partial charge in [0.25, 0.3) is 11.8 Å². The van der Waals surface area contributed by atoms with Crippen molar-refractivity contribution in [3.63, 3.8) is 0 Å². The Morgan fingerprint density at radius 2 is 1.82 bits per heavy atom. The lowest BCUT2D eigenvalue weighted by atomic mass is 9.94. The summed E-state index contributed by atoms with van der Waals surface area (Å²) in [4.78, 5) is 40.5. The number of amides is 3. The van der Waals surface area contributed by atoms with Crippen molar-refractivity contribution in [1.29, 1.82) is 0 Å². The molecule has 1 saturated carbocycles. The van der Waals surface area contributed by atoms with Crippen LogP contribution in [0.1, 0.15) is 78.1 Å². The lowest BCUT2D eigenvalue weighted by Crippen LogP contribution is -2.52. The summed E-state index contributed by atoms with van der Waals surface area (Å²) in [7, 11) is 0. The van der Waals surface area contributed by atoms with Crippen LogP contribution >= 0.6 is 11.5 Å². The van der Waals surface area contributed by atoms with E-state index in [4.69, 9.17) is 11.5 Å². The van der Waals surface area contributed by atoms with Crippen LogP contribution in [0.3, 0.4) is 0 Å². The molecule has 0 bridgehead atoms. The molecule has 2 aromatic rings. The minimum absolute atomic E-state index is 0.0356. The van der Waals surface area contributed by atoms with Crippen molar-refractivity contribution in [3.8, 4) is 0 Å². The predicted octanol–water partition coefficient (Wildman–Crippen LogP) is 3.33. The summed E-state index contributed by atoms with van der Waals surface area (Å²) in [6, 6.07) is 8.96. The molecule has 1 aromatic carbocycles. The average molecular weight is 472 g/mol. The van der Waals surface area contributed by atoms with Crippen LogP contribution in [-0.2, 0) is 11.3 Å². The highest BCUT2D eigenvalue weighted by atomic mass is 32.1. The smallest absolute Gasteiger partial charge is 0.270 e. The molecule has 5 N–H and O–H groups in total. The van der Waals surface area contributed by atoms with Crippen LogP contribution in [0.2, 0.25) is 0 Å². The predicted molar refractivity (Wildman–Crippen MR) is 130 cm³/mol. The lowest BCUT2D eigenvalue weighted by molar-refractivity contribution is -0.127. The zero-order valence-electron chi connectivity index (χ0n) is 19.3. The number of nitrogens with zero attached hydrogens (tertiary/aromatic N) is 2. The number of anilines is 1. The molecule has 3 amide bonds. The molecule has 1 aromatic heterocycles. The highest BCUT2D eigenvalue weighted by molar-refractivity contribution is 7.09. The van der Waals surface area contributed by atoms with Gasteiger partial charge < -0.3 is 21.7 Å². The van der Waals surface area contributed by atoms with Crippen LogP contribution in [0.15, 0.2) is 30.3 Å². The first-order chi connectivity index (χ1) is 15.8. The number of nitrogen functional groups attached to an aromatic ring is 1. The number of primary amides is 1. The van der Waals surface area contributed by atoms with E-state index in [9.17, 15) is 14.4 Å². The fourth-order valence-corrected chi connectivity index (χ4v) is 4.99. The summed E-state index contributed by atoms with van der Waals surface area (Å²) in [6.07, 6.45) is 5.79. The maximum absolute atomic E-state index is 13.7. The molecular formula is C24H33N5O3S. The number of hydrogen-bond donors (Lipinski definition) is 3. The van der Waals surface area contributed by atoms with E-state index in [0.29, 0.717) is 6.42 Å². The molecule has 0 saturated heterocycles. The van der Waals surface area contributed by atoms with Gasteiger partial charge in [-0.1, -0.05) is 63.4 Å². The van der Waals surface area contributed by atoms with Crippen LogP contribution in [-0.4, -0.2) is 39.1 Å². The Labute approximate surface area is 198 Å². The van der Waals surface area contributed by atoms with E-state index in [0.717, 1.165) is 42.8 Å². The minimum atomic E-state index is -0.786. The first-order valence-electron chi connectivity index (χ1n) is 11.5. The van der Waals surface area contributed by atoms with Gasteiger partial charge in [-0.3, -0.25) is 14.4 Å². The third kappa shape index (κ3) is 6.31. The van der Waals surface area contributed by atoms with E-state index >= 15 is 0 Å². The van der Waals surface area contributed by atoms with E-state index < -0.39 is 17.9 Å². The Balaban J connectivity index is 1.95. The zero-order valence-corrected chi connectivity index (χ0v) is 20.1. The molecular weight excluding hydrogens is 438 g/mol. The highest BCUT2D eigenvalue weighted by Crippen LogP contribution is 2.27. The molecule has 0 spiro atoms. The minimum Gasteiger partial charge on any atom is -0.395 e. The molecule has 1 aliphatic rings. The van der Waals surface area contributed by atoms with Gasteiger partial charge in [-0.15, -0.1) is 0 Å². The third-order valence-electron chi connectivity index (χ3n) is 5.94. The van der Waals surface area contributed by atoms with Crippen LogP contribution in [0.25, 0.3) is 0 Å². The summed E-state index contributed by atoms with van der Waals surface area (Å²) >= 11 is 0.836. The number of rotatable bonds is 9. The number of carbonyl (C=O) groups excluding carboxylic acids is 3. The first-order valence-corrected chi connectivity index (χ1v) is 12.3. The Morgan fingerprint density at radius 1 is 1.15 bits per heavy atom. The number of nitrogens with two attached hydrogens (primary N) is 2. The van der Waals surface area contributed by atoms with Gasteiger partial charge in [-0.2, -0.15) is 4.37 Å². The van der Waals surface area contributed by atoms with Gasteiger partial charge in [0.05, 0.1) is 5.69 Å². The Bertz CT molecular complexity index is 970. The van der Waals surface area contributed by atoms with Crippen LogP contribution < -0.4 is 16.8 Å². The van der Waals surface area contributed by atoms with Crippen molar-refractivity contribution in [2.45, 2.75) is 71.0 Å². The molecule has 0 aliphatic heterocycles. The molecule has 178 valence electrons. The molecule has 1 aliphatic carbocycles. The quantitative estimate of drug-likeness (QED) is 0.516. The van der Waals surface area contributed by atoms with E-state index in [-0.39, 0.29) is 40.7 Å². The fraction of sp³-hybridized carbons (Fsp3) is 0.500. The Hall–Kier alpha value is -2.94. The van der Waals surface area contributed by atoms with Crippen molar-refractivity contribution in [2.24, 2.45) is 11.7 Å². The van der Waals surface area contributed by atoms with Crippen molar-refractivity contribution in [1.82, 2.24) is 14.6 Å². The van der Waals surface area contributed by atoms with Gasteiger partial charge in [0, 0.05) is 12.6 Å². The van der Waals surface area contributed by atoms with Crippen LogP contribution in [0, 0.1) is 5.92 Å². The maximum Gasteiger partial charge on any atom is 0.270 e. The highest BCUT2D eigenvalue weighted by Gasteiger charge is 2.35. The van der Waals surface area contributed by atoms with Gasteiger partial charge in [0.1, 0.15) is 10.9 Å². The molecule has 8 nitrogen and oxygen atoms in total. The summed E-state index contributed by atoms with van der Waals surface area (Å²) in [5.74, 6) is -1.19. The summed E-state index contributed by atoms with van der Waals surface area (Å²) in [5, 5.41) is 3.18. The molecule has 33 heavy (non-hydrogen) atoms. The van der Waals surface area contributed by atoms with Crippen molar-refractivity contribution < 1.29 is 14.4 Å². The van der Waals surface area contributed by atoms with Gasteiger partial charge in [0.2, 0.25) is 5.91 Å². The Kier molecular flexibility index (Phi) is 8.43. The number of benzene rings is 1. The van der Waals surface area contributed by atoms with Crippen molar-refractivity contribution in [2.75, 3.05) is 5.73 Å². The van der Waals surface area contributed by atoms with Gasteiger partial charge in [-0.25, -0.2) is 0 Å². The summed E-state index contributed by atoms with van der Waals surface area (Å²) in [6.45, 7) is 4.29. The van der Waals surface area contributed by atoms with E-state index in [1.807, 2.05) is 44.2 Å². The van der Waals surface area contributed by atoms with Crippen LogP contribution in [0.4, 0.5) is 5.69 Å². The number of hydrogen-bond acceptors (Lipinski definition) is 6. The normalized spacial score (nSPS) is 15.2.